The Bertz CT molecular complexity index is 150. The predicted molar refractivity (Wildman–Crippen MR) is 52.2 cm³/mol. The molecule has 0 saturated heterocycles. The zero-order valence-electron chi connectivity index (χ0n) is 7.67. The topological polar surface area (TPSA) is 49.3 Å². The van der Waals surface area contributed by atoms with E-state index in [2.05, 4.69) is 21.2 Å². The van der Waals surface area contributed by atoms with Gasteiger partial charge in [0.1, 0.15) is 0 Å². The van der Waals surface area contributed by atoms with Gasteiger partial charge in [0.2, 0.25) is 5.91 Å². The van der Waals surface area contributed by atoms with Crippen LogP contribution in [0.4, 0.5) is 0 Å². The van der Waals surface area contributed by atoms with Crippen molar-refractivity contribution in [3.8, 4) is 0 Å². The van der Waals surface area contributed by atoms with Crippen molar-refractivity contribution < 1.29 is 9.90 Å². The van der Waals surface area contributed by atoms with Crippen molar-refractivity contribution in [2.75, 3.05) is 6.61 Å². The number of aliphatic hydroxyl groups excluding tert-OH is 1. The summed E-state index contributed by atoms with van der Waals surface area (Å²) in [4.78, 5) is 11.1. The molecule has 72 valence electrons. The minimum atomic E-state index is -0.175. The quantitative estimate of drug-likeness (QED) is 0.715. The second-order valence-corrected chi connectivity index (χ2v) is 4.22. The largest absolute Gasteiger partial charge is 0.394 e. The third-order valence-corrected chi connectivity index (χ3v) is 2.97. The fourth-order valence-corrected chi connectivity index (χ4v) is 0.803. The molecule has 0 bridgehead atoms. The van der Waals surface area contributed by atoms with Gasteiger partial charge in [-0.05, 0) is 12.8 Å². The molecule has 0 aromatic heterocycles. The van der Waals surface area contributed by atoms with E-state index in [4.69, 9.17) is 5.11 Å². The van der Waals surface area contributed by atoms with Gasteiger partial charge in [0.25, 0.3) is 0 Å². The van der Waals surface area contributed by atoms with E-state index in [1.54, 1.807) is 6.92 Å². The molecule has 0 aliphatic rings. The van der Waals surface area contributed by atoms with Crippen LogP contribution in [0, 0.1) is 5.92 Å². The van der Waals surface area contributed by atoms with Gasteiger partial charge in [-0.15, -0.1) is 0 Å². The highest BCUT2D eigenvalue weighted by Gasteiger charge is 2.19. The Hall–Kier alpha value is -0.0900. The number of rotatable bonds is 4. The molecule has 3 nitrogen and oxygen atoms in total. The van der Waals surface area contributed by atoms with Gasteiger partial charge in [0, 0.05) is 6.04 Å². The number of nitrogens with one attached hydrogen (secondary N) is 1. The maximum atomic E-state index is 11.3. The summed E-state index contributed by atoms with van der Waals surface area (Å²) in [6, 6.07) is -0.170. The van der Waals surface area contributed by atoms with E-state index >= 15 is 0 Å². The van der Waals surface area contributed by atoms with Crippen LogP contribution in [0.2, 0.25) is 0 Å². The molecular weight excluding hydrogens is 222 g/mol. The Balaban J connectivity index is 3.87. The van der Waals surface area contributed by atoms with Crippen LogP contribution in [0.3, 0.4) is 0 Å². The van der Waals surface area contributed by atoms with Crippen LogP contribution in [0.1, 0.15) is 20.8 Å². The summed E-state index contributed by atoms with van der Waals surface area (Å²) in [6.07, 6.45) is 0. The molecule has 2 atom stereocenters. The number of carbonyl (C=O) groups is 1. The average molecular weight is 238 g/mol. The molecule has 1 unspecified atom stereocenters. The summed E-state index contributed by atoms with van der Waals surface area (Å²) in [5, 5.41) is 11.3. The summed E-state index contributed by atoms with van der Waals surface area (Å²) >= 11 is 3.27. The van der Waals surface area contributed by atoms with Crippen molar-refractivity contribution in [1.29, 1.82) is 0 Å². The van der Waals surface area contributed by atoms with Gasteiger partial charge in [0.05, 0.1) is 11.4 Å². The smallest absolute Gasteiger partial charge is 0.234 e. The molecule has 0 aromatic carbocycles. The maximum Gasteiger partial charge on any atom is 0.234 e. The first kappa shape index (κ1) is 11.9. The van der Waals surface area contributed by atoms with Crippen LogP contribution in [-0.4, -0.2) is 28.5 Å². The van der Waals surface area contributed by atoms with Crippen molar-refractivity contribution >= 4 is 21.8 Å². The SMILES string of the molecule is CC(C)C(Br)C(=O)N[C@@H](C)CO. The number of amides is 1. The lowest BCUT2D eigenvalue weighted by Crippen LogP contribution is -2.41. The van der Waals surface area contributed by atoms with E-state index in [0.29, 0.717) is 0 Å². The normalized spacial score (nSPS) is 15.8. The summed E-state index contributed by atoms with van der Waals surface area (Å²) in [5.41, 5.74) is 0. The Morgan fingerprint density at radius 1 is 1.50 bits per heavy atom. The van der Waals surface area contributed by atoms with Crippen LogP contribution in [0.15, 0.2) is 0 Å². The maximum absolute atomic E-state index is 11.3. The van der Waals surface area contributed by atoms with Crippen molar-refractivity contribution in [1.82, 2.24) is 5.32 Å². The number of alkyl halides is 1. The minimum Gasteiger partial charge on any atom is -0.394 e. The number of aliphatic hydroxyl groups is 1. The van der Waals surface area contributed by atoms with Crippen molar-refractivity contribution in [3.05, 3.63) is 0 Å². The lowest BCUT2D eigenvalue weighted by Gasteiger charge is -2.16. The second kappa shape index (κ2) is 5.54. The molecule has 0 aliphatic heterocycles. The highest BCUT2D eigenvalue weighted by atomic mass is 79.9. The summed E-state index contributed by atoms with van der Waals surface area (Å²) < 4.78 is 0. The van der Waals surface area contributed by atoms with Crippen LogP contribution < -0.4 is 5.32 Å². The molecule has 0 saturated carbocycles. The van der Waals surface area contributed by atoms with Crippen molar-refractivity contribution in [3.63, 3.8) is 0 Å². The lowest BCUT2D eigenvalue weighted by molar-refractivity contribution is -0.121. The molecule has 0 radical (unpaired) electrons. The zero-order chi connectivity index (χ0) is 9.72. The molecule has 1 amide bonds. The molecular formula is C8H16BrNO2. The van der Waals surface area contributed by atoms with Crippen LogP contribution in [0.25, 0.3) is 0 Å². The van der Waals surface area contributed by atoms with Gasteiger partial charge in [-0.3, -0.25) is 4.79 Å². The highest BCUT2D eigenvalue weighted by molar-refractivity contribution is 9.10. The molecule has 0 rings (SSSR count). The first-order valence-corrected chi connectivity index (χ1v) is 4.96. The Labute approximate surface area is 81.7 Å². The fraction of sp³-hybridized carbons (Fsp3) is 0.875. The molecule has 0 fully saturated rings. The highest BCUT2D eigenvalue weighted by Crippen LogP contribution is 2.11. The third kappa shape index (κ3) is 4.07. The van der Waals surface area contributed by atoms with Crippen LogP contribution in [0.5, 0.6) is 0 Å². The Kier molecular flexibility index (Phi) is 5.50. The summed E-state index contributed by atoms with van der Waals surface area (Å²) in [6.45, 7) is 5.66. The van der Waals surface area contributed by atoms with E-state index in [1.165, 1.54) is 0 Å². The molecule has 0 aromatic rings. The van der Waals surface area contributed by atoms with Gasteiger partial charge in [0.15, 0.2) is 0 Å². The zero-order valence-corrected chi connectivity index (χ0v) is 9.26. The van der Waals surface area contributed by atoms with Gasteiger partial charge in [-0.25, -0.2) is 0 Å². The first-order valence-electron chi connectivity index (χ1n) is 4.04. The van der Waals surface area contributed by atoms with Crippen molar-refractivity contribution in [2.45, 2.75) is 31.6 Å². The lowest BCUT2D eigenvalue weighted by atomic mass is 10.1. The van der Waals surface area contributed by atoms with E-state index in [1.807, 2.05) is 13.8 Å². The molecule has 4 heteroatoms. The number of hydrogen-bond donors (Lipinski definition) is 2. The van der Waals surface area contributed by atoms with Crippen LogP contribution >= 0.6 is 15.9 Å². The van der Waals surface area contributed by atoms with Crippen molar-refractivity contribution in [2.24, 2.45) is 5.92 Å². The van der Waals surface area contributed by atoms with Gasteiger partial charge < -0.3 is 10.4 Å². The Morgan fingerprint density at radius 3 is 2.33 bits per heavy atom. The standard InChI is InChI=1S/C8H16BrNO2/c1-5(2)7(9)8(12)10-6(3)4-11/h5-7,11H,4H2,1-3H3,(H,10,12)/t6-,7?/m0/s1. The molecule has 12 heavy (non-hydrogen) atoms. The third-order valence-electron chi connectivity index (χ3n) is 1.50. The molecule has 0 spiro atoms. The van der Waals surface area contributed by atoms with Crippen LogP contribution in [-0.2, 0) is 4.79 Å². The molecule has 0 aliphatic carbocycles. The molecule has 0 heterocycles. The fourth-order valence-electron chi connectivity index (χ4n) is 0.671. The van der Waals surface area contributed by atoms with E-state index in [9.17, 15) is 4.79 Å². The van der Waals surface area contributed by atoms with E-state index < -0.39 is 0 Å². The first-order chi connectivity index (χ1) is 5.49. The van der Waals surface area contributed by atoms with E-state index in [-0.39, 0.29) is 29.3 Å². The van der Waals surface area contributed by atoms with Gasteiger partial charge in [-0.2, -0.15) is 0 Å². The number of halogens is 1. The summed E-state index contributed by atoms with van der Waals surface area (Å²) in [5.74, 6) is 0.197. The summed E-state index contributed by atoms with van der Waals surface area (Å²) in [7, 11) is 0. The number of carbonyl (C=O) groups excluding carboxylic acids is 1. The predicted octanol–water partition coefficient (Wildman–Crippen LogP) is 0.903. The van der Waals surface area contributed by atoms with E-state index in [0.717, 1.165) is 0 Å². The monoisotopic (exact) mass is 237 g/mol. The Morgan fingerprint density at radius 2 is 2.00 bits per heavy atom. The van der Waals surface area contributed by atoms with Gasteiger partial charge in [-0.1, -0.05) is 29.8 Å². The molecule has 2 N–H and O–H groups in total. The second-order valence-electron chi connectivity index (χ2n) is 3.24. The minimum absolute atomic E-state index is 0.0243. The number of hydrogen-bond acceptors (Lipinski definition) is 2. The average Bonchev–Trinajstić information content (AvgIpc) is 2.02. The van der Waals surface area contributed by atoms with Gasteiger partial charge >= 0.3 is 0 Å².